The zero-order valence-electron chi connectivity index (χ0n) is 13.8. The van der Waals surface area contributed by atoms with Gasteiger partial charge >= 0.3 is 0 Å². The van der Waals surface area contributed by atoms with Crippen LogP contribution in [0.25, 0.3) is 0 Å². The van der Waals surface area contributed by atoms with E-state index in [1.54, 1.807) is 6.07 Å². The van der Waals surface area contributed by atoms with E-state index in [4.69, 9.17) is 11.6 Å². The number of nitrogens with zero attached hydrogens (tertiary/aromatic N) is 1. The number of halogens is 1. The van der Waals surface area contributed by atoms with Gasteiger partial charge in [0.25, 0.3) is 5.91 Å². The molecule has 5 heteroatoms. The van der Waals surface area contributed by atoms with Gasteiger partial charge in [0.15, 0.2) is 0 Å². The van der Waals surface area contributed by atoms with Gasteiger partial charge in [0.2, 0.25) is 0 Å². The number of hydrazone groups is 1. The molecule has 0 atom stereocenters. The molecule has 0 radical (unpaired) electrons. The first kappa shape index (κ1) is 18.0. The molecule has 4 nitrogen and oxygen atoms in total. The van der Waals surface area contributed by atoms with Gasteiger partial charge in [0.05, 0.1) is 23.0 Å². The second-order valence-electron chi connectivity index (χ2n) is 5.40. The van der Waals surface area contributed by atoms with Gasteiger partial charge in [-0.3, -0.25) is 4.79 Å². The van der Waals surface area contributed by atoms with E-state index in [1.807, 2.05) is 48.5 Å². The Balaban J connectivity index is 1.95. The minimum absolute atomic E-state index is 0.114. The van der Waals surface area contributed by atoms with Crippen LogP contribution in [0.4, 0.5) is 5.69 Å². The predicted octanol–water partition coefficient (Wildman–Crippen LogP) is 4.46. The first-order valence-corrected chi connectivity index (χ1v) is 8.47. The Bertz CT molecular complexity index is 686. The molecule has 2 rings (SSSR count). The van der Waals surface area contributed by atoms with Crippen LogP contribution < -0.4 is 10.7 Å². The number of para-hydroxylation sites is 1. The van der Waals surface area contributed by atoms with Crippen LogP contribution in [-0.2, 0) is 4.79 Å². The highest BCUT2D eigenvalue weighted by Crippen LogP contribution is 2.19. The minimum Gasteiger partial charge on any atom is -0.375 e. The van der Waals surface area contributed by atoms with E-state index < -0.39 is 0 Å². The highest BCUT2D eigenvalue weighted by atomic mass is 35.5. The molecule has 0 aliphatic heterocycles. The molecular formula is C19H22ClN3O. The summed E-state index contributed by atoms with van der Waals surface area (Å²) in [5.74, 6) is -0.208. The Labute approximate surface area is 147 Å². The van der Waals surface area contributed by atoms with E-state index in [0.29, 0.717) is 5.02 Å². The van der Waals surface area contributed by atoms with Gasteiger partial charge in [-0.05, 0) is 30.5 Å². The molecule has 2 aromatic carbocycles. The smallest absolute Gasteiger partial charge is 0.259 e. The number of hydrogen-bond acceptors (Lipinski definition) is 3. The second kappa shape index (κ2) is 9.73. The van der Waals surface area contributed by atoms with Crippen LogP contribution in [0.2, 0.25) is 5.02 Å². The maximum Gasteiger partial charge on any atom is 0.259 e. The summed E-state index contributed by atoms with van der Waals surface area (Å²) >= 11 is 6.05. The van der Waals surface area contributed by atoms with Crippen LogP contribution in [0.3, 0.4) is 0 Å². The van der Waals surface area contributed by atoms with Crippen LogP contribution in [0.5, 0.6) is 0 Å². The lowest BCUT2D eigenvalue weighted by atomic mass is 10.1. The molecule has 0 fully saturated rings. The molecule has 24 heavy (non-hydrogen) atoms. The first-order chi connectivity index (χ1) is 11.7. The lowest BCUT2D eigenvalue weighted by Crippen LogP contribution is -2.27. The average Bonchev–Trinajstić information content (AvgIpc) is 2.62. The van der Waals surface area contributed by atoms with Gasteiger partial charge in [-0.1, -0.05) is 67.4 Å². The molecule has 0 saturated heterocycles. The van der Waals surface area contributed by atoms with Crippen molar-refractivity contribution in [3.05, 3.63) is 65.2 Å². The maximum absolute atomic E-state index is 12.0. The molecule has 2 N–H and O–H groups in total. The third-order valence-corrected chi connectivity index (χ3v) is 3.83. The van der Waals surface area contributed by atoms with Gasteiger partial charge < -0.3 is 5.32 Å². The Kier molecular flexibility index (Phi) is 7.30. The average molecular weight is 344 g/mol. The summed E-state index contributed by atoms with van der Waals surface area (Å²) in [6.07, 6.45) is 2.94. The predicted molar refractivity (Wildman–Crippen MR) is 101 cm³/mol. The van der Waals surface area contributed by atoms with E-state index in [-0.39, 0.29) is 12.5 Å². The van der Waals surface area contributed by atoms with Gasteiger partial charge in [0, 0.05) is 0 Å². The normalized spacial score (nSPS) is 11.2. The number of rotatable bonds is 8. The van der Waals surface area contributed by atoms with Gasteiger partial charge in [0.1, 0.15) is 0 Å². The van der Waals surface area contributed by atoms with Crippen molar-refractivity contribution in [3.8, 4) is 0 Å². The summed E-state index contributed by atoms with van der Waals surface area (Å²) in [7, 11) is 0. The van der Waals surface area contributed by atoms with Crippen LogP contribution in [0.15, 0.2) is 59.7 Å². The summed E-state index contributed by atoms with van der Waals surface area (Å²) in [6.45, 7) is 2.25. The molecule has 0 aliphatic carbocycles. The van der Waals surface area contributed by atoms with Gasteiger partial charge in [-0.25, -0.2) is 5.43 Å². The molecule has 1 amide bonds. The van der Waals surface area contributed by atoms with Crippen molar-refractivity contribution in [2.75, 3.05) is 11.9 Å². The van der Waals surface area contributed by atoms with E-state index >= 15 is 0 Å². The van der Waals surface area contributed by atoms with Crippen molar-refractivity contribution in [3.63, 3.8) is 0 Å². The molecule has 126 valence electrons. The molecule has 0 aliphatic rings. The first-order valence-electron chi connectivity index (χ1n) is 8.10. The Morgan fingerprint density at radius 3 is 2.50 bits per heavy atom. The number of nitrogens with one attached hydrogen (secondary N) is 2. The molecule has 0 bridgehead atoms. The number of carbonyl (C=O) groups is 1. The van der Waals surface area contributed by atoms with Crippen molar-refractivity contribution in [1.82, 2.24) is 5.43 Å². The molecule has 2 aromatic rings. The fraction of sp³-hybridized carbons (Fsp3) is 0.263. The number of anilines is 1. The lowest BCUT2D eigenvalue weighted by molar-refractivity contribution is -0.119. The quantitative estimate of drug-likeness (QED) is 0.549. The number of carbonyl (C=O) groups excluding carboxylic acids is 1. The SMILES string of the molecule is CCCC/C(=N\NC(=O)CNc1ccccc1Cl)c1ccccc1. The van der Waals surface area contributed by atoms with E-state index in [2.05, 4.69) is 22.8 Å². The standard InChI is InChI=1S/C19H22ClN3O/c1-2-3-12-17(15-9-5-4-6-10-15)22-23-19(24)14-21-18-13-8-7-11-16(18)20/h4-11,13,21H,2-3,12,14H2,1H3,(H,23,24)/b22-17+. The largest absolute Gasteiger partial charge is 0.375 e. The summed E-state index contributed by atoms with van der Waals surface area (Å²) in [5, 5.41) is 7.90. The van der Waals surface area contributed by atoms with Crippen molar-refractivity contribution < 1.29 is 4.79 Å². The van der Waals surface area contributed by atoms with Crippen LogP contribution >= 0.6 is 11.6 Å². The van der Waals surface area contributed by atoms with Crippen LogP contribution in [0.1, 0.15) is 31.7 Å². The number of benzene rings is 2. The van der Waals surface area contributed by atoms with Crippen molar-refractivity contribution in [2.45, 2.75) is 26.2 Å². The topological polar surface area (TPSA) is 53.5 Å². The zero-order chi connectivity index (χ0) is 17.2. The minimum atomic E-state index is -0.208. The summed E-state index contributed by atoms with van der Waals surface area (Å²) in [4.78, 5) is 12.0. The fourth-order valence-electron chi connectivity index (χ4n) is 2.19. The maximum atomic E-state index is 12.0. The Morgan fingerprint density at radius 2 is 1.79 bits per heavy atom. The monoisotopic (exact) mass is 343 g/mol. The van der Waals surface area contributed by atoms with Gasteiger partial charge in [-0.15, -0.1) is 0 Å². The van der Waals surface area contributed by atoms with Crippen molar-refractivity contribution in [2.24, 2.45) is 5.10 Å². The molecule has 0 heterocycles. The van der Waals surface area contributed by atoms with E-state index in [9.17, 15) is 4.79 Å². The van der Waals surface area contributed by atoms with Crippen molar-refractivity contribution >= 4 is 28.9 Å². The van der Waals surface area contributed by atoms with E-state index in [1.165, 1.54) is 0 Å². The number of amides is 1. The zero-order valence-corrected chi connectivity index (χ0v) is 14.5. The molecule has 0 saturated carbocycles. The molecule has 0 aromatic heterocycles. The highest BCUT2D eigenvalue weighted by Gasteiger charge is 2.06. The Morgan fingerprint density at radius 1 is 1.08 bits per heavy atom. The lowest BCUT2D eigenvalue weighted by Gasteiger charge is -2.09. The van der Waals surface area contributed by atoms with Crippen LogP contribution in [0, 0.1) is 0 Å². The third-order valence-electron chi connectivity index (χ3n) is 3.50. The number of unbranched alkanes of at least 4 members (excludes halogenated alkanes) is 1. The molecular weight excluding hydrogens is 322 g/mol. The fourth-order valence-corrected chi connectivity index (χ4v) is 2.39. The summed E-state index contributed by atoms with van der Waals surface area (Å²) in [5.41, 5.74) is 5.28. The van der Waals surface area contributed by atoms with Crippen molar-refractivity contribution in [1.29, 1.82) is 0 Å². The van der Waals surface area contributed by atoms with E-state index in [0.717, 1.165) is 36.2 Å². The Hall–Kier alpha value is -2.33. The third kappa shape index (κ3) is 5.70. The second-order valence-corrected chi connectivity index (χ2v) is 5.80. The summed E-state index contributed by atoms with van der Waals surface area (Å²) < 4.78 is 0. The van der Waals surface area contributed by atoms with Gasteiger partial charge in [-0.2, -0.15) is 5.10 Å². The molecule has 0 spiro atoms. The van der Waals surface area contributed by atoms with Crippen LogP contribution in [-0.4, -0.2) is 18.2 Å². The molecule has 0 unspecified atom stereocenters. The summed E-state index contributed by atoms with van der Waals surface area (Å²) in [6, 6.07) is 17.2. The highest BCUT2D eigenvalue weighted by molar-refractivity contribution is 6.33. The number of hydrogen-bond donors (Lipinski definition) is 2.